The van der Waals surface area contributed by atoms with Gasteiger partial charge in [-0.15, -0.1) is 0 Å². The SMILES string of the molecule is CCC1CCC(C)N(c2cc(Br)ccc2CO)C1. The largest absolute Gasteiger partial charge is 0.392 e. The molecule has 2 unspecified atom stereocenters. The molecule has 1 saturated heterocycles. The van der Waals surface area contributed by atoms with E-state index >= 15 is 0 Å². The highest BCUT2D eigenvalue weighted by Crippen LogP contribution is 2.33. The van der Waals surface area contributed by atoms with Crippen molar-refractivity contribution in [1.29, 1.82) is 0 Å². The van der Waals surface area contributed by atoms with E-state index in [1.165, 1.54) is 24.9 Å². The molecular formula is C15H22BrNO. The van der Waals surface area contributed by atoms with Crippen molar-refractivity contribution < 1.29 is 5.11 Å². The van der Waals surface area contributed by atoms with Crippen molar-refractivity contribution in [3.05, 3.63) is 28.2 Å². The number of rotatable bonds is 3. The number of piperidine rings is 1. The third-order valence-corrected chi connectivity index (χ3v) is 4.58. The normalized spacial score (nSPS) is 24.3. The second kappa shape index (κ2) is 6.07. The van der Waals surface area contributed by atoms with Crippen molar-refractivity contribution in [1.82, 2.24) is 0 Å². The Balaban J connectivity index is 2.30. The van der Waals surface area contributed by atoms with E-state index in [1.807, 2.05) is 12.1 Å². The van der Waals surface area contributed by atoms with Crippen LogP contribution < -0.4 is 4.90 Å². The Morgan fingerprint density at radius 2 is 2.17 bits per heavy atom. The highest BCUT2D eigenvalue weighted by molar-refractivity contribution is 9.10. The minimum absolute atomic E-state index is 0.114. The first-order chi connectivity index (χ1) is 8.65. The van der Waals surface area contributed by atoms with Gasteiger partial charge in [0.25, 0.3) is 0 Å². The van der Waals surface area contributed by atoms with Crippen molar-refractivity contribution in [2.75, 3.05) is 11.4 Å². The lowest BCUT2D eigenvalue weighted by Gasteiger charge is -2.40. The Hall–Kier alpha value is -0.540. The monoisotopic (exact) mass is 311 g/mol. The average molecular weight is 312 g/mol. The summed E-state index contributed by atoms with van der Waals surface area (Å²) in [6.45, 7) is 5.78. The van der Waals surface area contributed by atoms with Crippen LogP contribution in [0.5, 0.6) is 0 Å². The van der Waals surface area contributed by atoms with Gasteiger partial charge >= 0.3 is 0 Å². The molecule has 0 radical (unpaired) electrons. The van der Waals surface area contributed by atoms with Crippen LogP contribution in [0.25, 0.3) is 0 Å². The van der Waals surface area contributed by atoms with Crippen LogP contribution in [-0.2, 0) is 6.61 Å². The van der Waals surface area contributed by atoms with E-state index in [1.54, 1.807) is 0 Å². The molecule has 0 aliphatic carbocycles. The van der Waals surface area contributed by atoms with E-state index in [2.05, 4.69) is 40.7 Å². The fourth-order valence-corrected chi connectivity index (χ4v) is 3.14. The summed E-state index contributed by atoms with van der Waals surface area (Å²) in [5.74, 6) is 0.784. The van der Waals surface area contributed by atoms with Gasteiger partial charge in [0.05, 0.1) is 6.61 Å². The molecule has 1 aliphatic rings. The zero-order valence-corrected chi connectivity index (χ0v) is 12.8. The van der Waals surface area contributed by atoms with Crippen molar-refractivity contribution in [3.8, 4) is 0 Å². The first kappa shape index (κ1) is 13.9. The van der Waals surface area contributed by atoms with Crippen LogP contribution in [0.4, 0.5) is 5.69 Å². The fourth-order valence-electron chi connectivity index (χ4n) is 2.79. The Kier molecular flexibility index (Phi) is 4.68. The maximum atomic E-state index is 9.51. The third kappa shape index (κ3) is 2.89. The predicted molar refractivity (Wildman–Crippen MR) is 79.9 cm³/mol. The minimum atomic E-state index is 0.114. The maximum Gasteiger partial charge on any atom is 0.0702 e. The molecule has 0 aromatic heterocycles. The number of aliphatic hydroxyl groups excluding tert-OH is 1. The first-order valence-corrected chi connectivity index (χ1v) is 7.61. The molecule has 0 spiro atoms. The molecule has 100 valence electrons. The highest BCUT2D eigenvalue weighted by atomic mass is 79.9. The molecule has 1 aliphatic heterocycles. The summed E-state index contributed by atoms with van der Waals surface area (Å²) >= 11 is 3.54. The molecule has 0 saturated carbocycles. The van der Waals surface area contributed by atoms with Gasteiger partial charge in [0.2, 0.25) is 0 Å². The summed E-state index contributed by atoms with van der Waals surface area (Å²) in [5, 5.41) is 9.51. The second-order valence-electron chi connectivity index (χ2n) is 5.28. The minimum Gasteiger partial charge on any atom is -0.392 e. The lowest BCUT2D eigenvalue weighted by molar-refractivity contribution is 0.280. The van der Waals surface area contributed by atoms with Crippen LogP contribution in [0.2, 0.25) is 0 Å². The van der Waals surface area contributed by atoms with Crippen molar-refractivity contribution in [2.24, 2.45) is 5.92 Å². The highest BCUT2D eigenvalue weighted by Gasteiger charge is 2.26. The fraction of sp³-hybridized carbons (Fsp3) is 0.600. The van der Waals surface area contributed by atoms with Gasteiger partial charge < -0.3 is 10.0 Å². The van der Waals surface area contributed by atoms with Crippen molar-refractivity contribution in [3.63, 3.8) is 0 Å². The second-order valence-corrected chi connectivity index (χ2v) is 6.20. The summed E-state index contributed by atoms with van der Waals surface area (Å²) in [4.78, 5) is 2.47. The van der Waals surface area contributed by atoms with Gasteiger partial charge in [-0.2, -0.15) is 0 Å². The molecule has 0 amide bonds. The predicted octanol–water partition coefficient (Wildman–Crippen LogP) is 3.96. The van der Waals surface area contributed by atoms with Gasteiger partial charge in [0.15, 0.2) is 0 Å². The number of nitrogens with zero attached hydrogens (tertiary/aromatic N) is 1. The molecule has 3 heteroatoms. The van der Waals surface area contributed by atoms with E-state index in [0.29, 0.717) is 6.04 Å². The maximum absolute atomic E-state index is 9.51. The molecule has 2 rings (SSSR count). The van der Waals surface area contributed by atoms with Gasteiger partial charge in [-0.3, -0.25) is 0 Å². The quantitative estimate of drug-likeness (QED) is 0.913. The summed E-state index contributed by atoms with van der Waals surface area (Å²) < 4.78 is 1.08. The molecule has 1 N–H and O–H groups in total. The topological polar surface area (TPSA) is 23.5 Å². The molecule has 1 aromatic carbocycles. The number of anilines is 1. The summed E-state index contributed by atoms with van der Waals surface area (Å²) in [5.41, 5.74) is 2.22. The number of aliphatic hydroxyl groups is 1. The number of benzene rings is 1. The zero-order valence-electron chi connectivity index (χ0n) is 11.2. The van der Waals surface area contributed by atoms with Gasteiger partial charge in [0.1, 0.15) is 0 Å². The first-order valence-electron chi connectivity index (χ1n) is 6.81. The number of hydrogen-bond donors (Lipinski definition) is 1. The lowest BCUT2D eigenvalue weighted by atomic mass is 9.90. The Labute approximate surface area is 118 Å². The third-order valence-electron chi connectivity index (χ3n) is 4.08. The average Bonchev–Trinajstić information content (AvgIpc) is 2.39. The van der Waals surface area contributed by atoms with Crippen LogP contribution in [0.3, 0.4) is 0 Å². The van der Waals surface area contributed by atoms with Crippen LogP contribution in [-0.4, -0.2) is 17.7 Å². The van der Waals surface area contributed by atoms with E-state index in [9.17, 15) is 5.11 Å². The van der Waals surface area contributed by atoms with Crippen LogP contribution >= 0.6 is 15.9 Å². The molecule has 2 atom stereocenters. The summed E-state index contributed by atoms with van der Waals surface area (Å²) in [6, 6.07) is 6.72. The smallest absolute Gasteiger partial charge is 0.0702 e. The Bertz CT molecular complexity index is 407. The van der Waals surface area contributed by atoms with E-state index < -0.39 is 0 Å². The van der Waals surface area contributed by atoms with Crippen molar-refractivity contribution >= 4 is 21.6 Å². The molecule has 1 fully saturated rings. The number of hydrogen-bond acceptors (Lipinski definition) is 2. The number of halogens is 1. The van der Waals surface area contributed by atoms with Crippen LogP contribution in [0, 0.1) is 5.92 Å². The van der Waals surface area contributed by atoms with E-state index in [-0.39, 0.29) is 6.61 Å². The van der Waals surface area contributed by atoms with Gasteiger partial charge in [-0.25, -0.2) is 0 Å². The summed E-state index contributed by atoms with van der Waals surface area (Å²) in [6.07, 6.45) is 3.82. The van der Waals surface area contributed by atoms with Crippen molar-refractivity contribution in [2.45, 2.75) is 45.8 Å². The molecular weight excluding hydrogens is 290 g/mol. The molecule has 0 bridgehead atoms. The van der Waals surface area contributed by atoms with Gasteiger partial charge in [-0.05, 0) is 37.8 Å². The van der Waals surface area contributed by atoms with Crippen LogP contribution in [0.15, 0.2) is 22.7 Å². The molecule has 1 heterocycles. The zero-order chi connectivity index (χ0) is 13.1. The molecule has 1 aromatic rings. The van der Waals surface area contributed by atoms with Gasteiger partial charge in [-0.1, -0.05) is 35.3 Å². The Morgan fingerprint density at radius 1 is 1.39 bits per heavy atom. The molecule has 18 heavy (non-hydrogen) atoms. The van der Waals surface area contributed by atoms with Crippen LogP contribution in [0.1, 0.15) is 38.7 Å². The summed E-state index contributed by atoms with van der Waals surface area (Å²) in [7, 11) is 0. The standard InChI is InChI=1S/C15H22BrNO/c1-3-12-5-4-11(2)17(9-12)15-8-14(16)7-6-13(15)10-18/h6-8,11-12,18H,3-5,9-10H2,1-2H3. The Morgan fingerprint density at radius 3 is 2.83 bits per heavy atom. The van der Waals surface area contributed by atoms with Gasteiger partial charge in [0, 0.05) is 28.3 Å². The lowest BCUT2D eigenvalue weighted by Crippen LogP contribution is -2.42. The van der Waals surface area contributed by atoms with E-state index in [4.69, 9.17) is 0 Å². The van der Waals surface area contributed by atoms with E-state index in [0.717, 1.165) is 22.5 Å². The molecule has 2 nitrogen and oxygen atoms in total.